The van der Waals surface area contributed by atoms with Gasteiger partial charge in [0.15, 0.2) is 0 Å². The first-order valence-electron chi connectivity index (χ1n) is 8.84. The molecule has 1 aromatic carbocycles. The highest BCUT2D eigenvalue weighted by atomic mass is 16.5. The number of aliphatic hydroxyl groups is 1. The van der Waals surface area contributed by atoms with E-state index in [9.17, 15) is 24.9 Å². The molecule has 4 N–H and O–H groups in total. The van der Waals surface area contributed by atoms with Gasteiger partial charge in [0.2, 0.25) is 5.91 Å². The number of ether oxygens (including phenoxy) is 1. The predicted octanol–water partition coefficient (Wildman–Crippen LogP) is 1.73. The zero-order valence-corrected chi connectivity index (χ0v) is 15.6. The predicted molar refractivity (Wildman–Crippen MR) is 96.7 cm³/mol. The third-order valence-corrected chi connectivity index (χ3v) is 3.92. The van der Waals surface area contributed by atoms with E-state index in [-0.39, 0.29) is 49.4 Å². The van der Waals surface area contributed by atoms with Crippen LogP contribution in [-0.4, -0.2) is 46.5 Å². The fourth-order valence-electron chi connectivity index (χ4n) is 2.68. The van der Waals surface area contributed by atoms with Crippen LogP contribution < -0.4 is 5.32 Å². The quantitative estimate of drug-likeness (QED) is 0.468. The summed E-state index contributed by atoms with van der Waals surface area (Å²) < 4.78 is 5.00. The van der Waals surface area contributed by atoms with Gasteiger partial charge in [0.05, 0.1) is 6.61 Å². The summed E-state index contributed by atoms with van der Waals surface area (Å²) in [5, 5.41) is 31.4. The number of hydrogen-bond acceptors (Lipinski definition) is 6. The summed E-state index contributed by atoms with van der Waals surface area (Å²) >= 11 is 0. The number of amides is 1. The van der Waals surface area contributed by atoms with Gasteiger partial charge in [-0.25, -0.2) is 4.79 Å². The van der Waals surface area contributed by atoms with Crippen LogP contribution in [0.4, 0.5) is 0 Å². The van der Waals surface area contributed by atoms with E-state index in [0.29, 0.717) is 12.0 Å². The van der Waals surface area contributed by atoms with Gasteiger partial charge in [-0.2, -0.15) is 0 Å². The van der Waals surface area contributed by atoms with Crippen LogP contribution in [0.5, 0.6) is 11.5 Å². The molecule has 7 heteroatoms. The third-order valence-electron chi connectivity index (χ3n) is 3.92. The monoisotopic (exact) mass is 367 g/mol. The maximum absolute atomic E-state index is 12.3. The van der Waals surface area contributed by atoms with Crippen LogP contribution in [-0.2, 0) is 20.7 Å². The normalized spacial score (nSPS) is 13.3. The fraction of sp³-hybridized carbons (Fsp3) is 0.579. The second-order valence-electron chi connectivity index (χ2n) is 6.77. The topological polar surface area (TPSA) is 116 Å². The molecule has 0 aliphatic heterocycles. The molecule has 2 atom stereocenters. The molecule has 0 fully saturated rings. The van der Waals surface area contributed by atoms with Crippen LogP contribution >= 0.6 is 0 Å². The maximum Gasteiger partial charge on any atom is 0.328 e. The van der Waals surface area contributed by atoms with Crippen molar-refractivity contribution in [1.29, 1.82) is 0 Å². The molecule has 0 radical (unpaired) electrons. The fourth-order valence-corrected chi connectivity index (χ4v) is 2.68. The van der Waals surface area contributed by atoms with Gasteiger partial charge in [-0.15, -0.1) is 0 Å². The lowest BCUT2D eigenvalue weighted by Gasteiger charge is -2.21. The first-order chi connectivity index (χ1) is 12.3. The Morgan fingerprint density at radius 2 is 1.92 bits per heavy atom. The first-order valence-corrected chi connectivity index (χ1v) is 8.84. The second-order valence-corrected chi connectivity index (χ2v) is 6.77. The van der Waals surface area contributed by atoms with Crippen LogP contribution in [0.3, 0.4) is 0 Å². The number of benzene rings is 1. The van der Waals surface area contributed by atoms with E-state index in [1.54, 1.807) is 13.0 Å². The van der Waals surface area contributed by atoms with Gasteiger partial charge in [0.1, 0.15) is 17.5 Å². The number of aromatic hydroxyl groups is 2. The Morgan fingerprint density at radius 1 is 1.23 bits per heavy atom. The van der Waals surface area contributed by atoms with Crippen LogP contribution in [0, 0.1) is 11.8 Å². The van der Waals surface area contributed by atoms with Gasteiger partial charge in [0.25, 0.3) is 0 Å². The Balaban J connectivity index is 2.70. The molecule has 0 heterocycles. The summed E-state index contributed by atoms with van der Waals surface area (Å²) in [6.07, 6.45) is 0.738. The molecule has 1 aromatic rings. The molecular formula is C19H29NO6. The van der Waals surface area contributed by atoms with Gasteiger partial charge >= 0.3 is 5.97 Å². The molecule has 1 rings (SSSR count). The van der Waals surface area contributed by atoms with E-state index < -0.39 is 17.9 Å². The Bertz CT molecular complexity index is 602. The zero-order valence-electron chi connectivity index (χ0n) is 15.6. The van der Waals surface area contributed by atoms with Crippen LogP contribution in [0.2, 0.25) is 0 Å². The van der Waals surface area contributed by atoms with E-state index in [1.807, 2.05) is 13.8 Å². The lowest BCUT2D eigenvalue weighted by atomic mass is 9.95. The molecule has 0 aromatic heterocycles. The molecule has 0 aliphatic rings. The van der Waals surface area contributed by atoms with Gasteiger partial charge < -0.3 is 25.4 Å². The molecule has 0 aliphatic carbocycles. The smallest absolute Gasteiger partial charge is 0.328 e. The molecular weight excluding hydrogens is 338 g/mol. The zero-order chi connectivity index (χ0) is 19.7. The lowest BCUT2D eigenvalue weighted by molar-refractivity contribution is -0.148. The molecule has 2 unspecified atom stereocenters. The Hall–Kier alpha value is -2.28. The minimum Gasteiger partial charge on any atom is -0.508 e. The number of aliphatic hydroxyl groups excluding tert-OH is 1. The van der Waals surface area contributed by atoms with Crippen molar-refractivity contribution in [1.82, 2.24) is 5.32 Å². The number of esters is 1. The van der Waals surface area contributed by atoms with Gasteiger partial charge in [0, 0.05) is 19.1 Å². The number of hydrogen-bond donors (Lipinski definition) is 4. The number of nitrogens with one attached hydrogen (secondary N) is 1. The highest BCUT2D eigenvalue weighted by Crippen LogP contribution is 2.25. The average Bonchev–Trinajstić information content (AvgIpc) is 2.55. The minimum absolute atomic E-state index is 0.00478. The first kappa shape index (κ1) is 21.8. The van der Waals surface area contributed by atoms with Crippen molar-refractivity contribution in [3.8, 4) is 11.5 Å². The molecule has 0 bridgehead atoms. The van der Waals surface area contributed by atoms with Gasteiger partial charge in [-0.05, 0) is 43.2 Å². The summed E-state index contributed by atoms with van der Waals surface area (Å²) in [5.41, 5.74) is 0.527. The maximum atomic E-state index is 12.3. The van der Waals surface area contributed by atoms with Crippen molar-refractivity contribution in [2.45, 2.75) is 46.1 Å². The molecule has 146 valence electrons. The largest absolute Gasteiger partial charge is 0.508 e. The number of phenolic OH excluding ortho intramolecular Hbond substituents is 2. The molecule has 26 heavy (non-hydrogen) atoms. The third kappa shape index (κ3) is 7.31. The summed E-state index contributed by atoms with van der Waals surface area (Å²) in [5.74, 6) is -1.20. The summed E-state index contributed by atoms with van der Waals surface area (Å²) in [6, 6.07) is 3.47. The minimum atomic E-state index is -0.719. The molecule has 0 saturated carbocycles. The van der Waals surface area contributed by atoms with Crippen molar-refractivity contribution in [2.24, 2.45) is 11.8 Å². The van der Waals surface area contributed by atoms with E-state index in [0.717, 1.165) is 0 Å². The van der Waals surface area contributed by atoms with Crippen molar-refractivity contribution in [3.63, 3.8) is 0 Å². The van der Waals surface area contributed by atoms with Gasteiger partial charge in [-0.3, -0.25) is 4.79 Å². The molecule has 0 saturated heterocycles. The average molecular weight is 367 g/mol. The Morgan fingerprint density at radius 3 is 2.46 bits per heavy atom. The van der Waals surface area contributed by atoms with E-state index in [2.05, 4.69) is 5.32 Å². The number of carbonyl (C=O) groups is 2. The highest BCUT2D eigenvalue weighted by Gasteiger charge is 2.24. The standard InChI is InChI=1S/C19H29NO6/c1-4-26-19(25)16(7-12(2)3)20-18(24)9-13(11-21)8-14-5-6-15(22)10-17(14)23/h5-6,10,12-13,16,21-23H,4,7-9,11H2,1-3H3,(H,20,24). The van der Waals surface area contributed by atoms with Gasteiger partial charge in [-0.1, -0.05) is 19.9 Å². The number of carbonyl (C=O) groups excluding carboxylic acids is 2. The Kier molecular flexibility index (Phi) is 8.92. The highest BCUT2D eigenvalue weighted by molar-refractivity contribution is 5.84. The number of phenols is 2. The van der Waals surface area contributed by atoms with E-state index in [1.165, 1.54) is 12.1 Å². The van der Waals surface area contributed by atoms with Crippen LogP contribution in [0.1, 0.15) is 39.2 Å². The summed E-state index contributed by atoms with van der Waals surface area (Å²) in [4.78, 5) is 24.3. The van der Waals surface area contributed by atoms with E-state index in [4.69, 9.17) is 4.74 Å². The summed E-state index contributed by atoms with van der Waals surface area (Å²) in [7, 11) is 0. The van der Waals surface area contributed by atoms with Crippen LogP contribution in [0.15, 0.2) is 18.2 Å². The van der Waals surface area contributed by atoms with Crippen LogP contribution in [0.25, 0.3) is 0 Å². The SMILES string of the molecule is CCOC(=O)C(CC(C)C)NC(=O)CC(CO)Cc1ccc(O)cc1O. The van der Waals surface area contributed by atoms with Crippen molar-refractivity contribution in [3.05, 3.63) is 23.8 Å². The molecule has 0 spiro atoms. The van der Waals surface area contributed by atoms with Crippen molar-refractivity contribution in [2.75, 3.05) is 13.2 Å². The summed E-state index contributed by atoms with van der Waals surface area (Å²) in [6.45, 7) is 5.59. The molecule has 7 nitrogen and oxygen atoms in total. The van der Waals surface area contributed by atoms with Crippen molar-refractivity contribution >= 4 is 11.9 Å². The Labute approximate surface area is 154 Å². The lowest BCUT2D eigenvalue weighted by Crippen LogP contribution is -2.43. The molecule has 1 amide bonds. The second kappa shape index (κ2) is 10.7. The number of rotatable bonds is 10. The van der Waals surface area contributed by atoms with E-state index >= 15 is 0 Å². The van der Waals surface area contributed by atoms with Crippen molar-refractivity contribution < 1.29 is 29.6 Å².